The van der Waals surface area contributed by atoms with Gasteiger partial charge < -0.3 is 15.3 Å². The molecule has 2 aromatic rings. The number of nitrogens with one attached hydrogen (secondary N) is 1. The molecule has 1 aromatic heterocycles. The van der Waals surface area contributed by atoms with Crippen molar-refractivity contribution in [3.8, 4) is 5.75 Å². The summed E-state index contributed by atoms with van der Waals surface area (Å²) in [5.74, 6) is 0.817. The lowest BCUT2D eigenvalue weighted by atomic mass is 10.2. The molecular weight excluding hydrogens is 228 g/mol. The van der Waals surface area contributed by atoms with Crippen LogP contribution in [0.15, 0.2) is 48.8 Å². The summed E-state index contributed by atoms with van der Waals surface area (Å²) < 4.78 is 7.37. The highest BCUT2D eigenvalue weighted by Gasteiger charge is 2.06. The Balaban J connectivity index is 1.75. The van der Waals surface area contributed by atoms with E-state index in [-0.39, 0.29) is 6.61 Å². The topological polar surface area (TPSA) is 46.4 Å². The molecule has 0 saturated carbocycles. The molecule has 0 aliphatic rings. The van der Waals surface area contributed by atoms with Gasteiger partial charge in [0, 0.05) is 12.4 Å². The van der Waals surface area contributed by atoms with E-state index in [2.05, 4.69) is 5.43 Å². The number of aliphatic hydroxyl groups is 1. The standard InChI is InChI=1S/C14H18N2O2/c1-12-6-2-3-7-14(12)18-11-13(17)10-15-16-8-4-5-9-16/h2-9,13,15,17H,10-11H2,1H3. The van der Waals surface area contributed by atoms with Gasteiger partial charge in [0.25, 0.3) is 0 Å². The first-order chi connectivity index (χ1) is 8.75. The van der Waals surface area contributed by atoms with Crippen molar-refractivity contribution in [1.82, 2.24) is 4.68 Å². The molecule has 96 valence electrons. The zero-order chi connectivity index (χ0) is 12.8. The van der Waals surface area contributed by atoms with E-state index >= 15 is 0 Å². The average molecular weight is 246 g/mol. The number of nitrogens with zero attached hydrogens (tertiary/aromatic N) is 1. The van der Waals surface area contributed by atoms with Crippen molar-refractivity contribution in [2.45, 2.75) is 13.0 Å². The van der Waals surface area contributed by atoms with E-state index in [0.717, 1.165) is 11.3 Å². The summed E-state index contributed by atoms with van der Waals surface area (Å²) in [4.78, 5) is 0. The van der Waals surface area contributed by atoms with E-state index < -0.39 is 6.10 Å². The summed E-state index contributed by atoms with van der Waals surface area (Å²) >= 11 is 0. The molecule has 0 fully saturated rings. The van der Waals surface area contributed by atoms with E-state index in [0.29, 0.717) is 6.54 Å². The number of ether oxygens (including phenoxy) is 1. The fraction of sp³-hybridized carbons (Fsp3) is 0.286. The van der Waals surface area contributed by atoms with Crippen LogP contribution in [0.3, 0.4) is 0 Å². The zero-order valence-electron chi connectivity index (χ0n) is 10.4. The molecule has 2 N–H and O–H groups in total. The van der Waals surface area contributed by atoms with Gasteiger partial charge in [0.15, 0.2) is 0 Å². The third-order valence-electron chi connectivity index (χ3n) is 2.64. The highest BCUT2D eigenvalue weighted by Crippen LogP contribution is 2.16. The van der Waals surface area contributed by atoms with Crippen LogP contribution in [0.5, 0.6) is 5.75 Å². The predicted octanol–water partition coefficient (Wildman–Crippen LogP) is 1.78. The fourth-order valence-corrected chi connectivity index (χ4v) is 1.61. The van der Waals surface area contributed by atoms with Crippen LogP contribution >= 0.6 is 0 Å². The third kappa shape index (κ3) is 3.53. The Bertz CT molecular complexity index is 468. The van der Waals surface area contributed by atoms with Gasteiger partial charge in [0.2, 0.25) is 0 Å². The number of rotatable bonds is 6. The average Bonchev–Trinajstić information content (AvgIpc) is 2.88. The largest absolute Gasteiger partial charge is 0.491 e. The van der Waals surface area contributed by atoms with Crippen molar-refractivity contribution in [3.05, 3.63) is 54.4 Å². The van der Waals surface area contributed by atoms with Crippen molar-refractivity contribution < 1.29 is 9.84 Å². The first kappa shape index (κ1) is 12.5. The summed E-state index contributed by atoms with van der Waals surface area (Å²) in [6.07, 6.45) is 3.22. The molecule has 1 heterocycles. The van der Waals surface area contributed by atoms with E-state index in [1.165, 1.54) is 0 Å². The lowest BCUT2D eigenvalue weighted by molar-refractivity contribution is 0.115. The smallest absolute Gasteiger partial charge is 0.122 e. The Morgan fingerprint density at radius 3 is 2.67 bits per heavy atom. The maximum absolute atomic E-state index is 9.80. The van der Waals surface area contributed by atoms with Crippen LogP contribution in [0, 0.1) is 6.92 Å². The Labute approximate surface area is 107 Å². The maximum Gasteiger partial charge on any atom is 0.122 e. The van der Waals surface area contributed by atoms with Gasteiger partial charge in [-0.3, -0.25) is 4.68 Å². The van der Waals surface area contributed by atoms with Crippen LogP contribution in [0.25, 0.3) is 0 Å². The fourth-order valence-electron chi connectivity index (χ4n) is 1.61. The van der Waals surface area contributed by atoms with E-state index in [9.17, 15) is 5.11 Å². The second-order valence-electron chi connectivity index (χ2n) is 4.18. The summed E-state index contributed by atoms with van der Waals surface area (Å²) in [6, 6.07) is 11.6. The molecule has 0 amide bonds. The van der Waals surface area contributed by atoms with Crippen LogP contribution in [0.2, 0.25) is 0 Å². The summed E-state index contributed by atoms with van der Waals surface area (Å²) in [7, 11) is 0. The minimum atomic E-state index is -0.549. The Kier molecular flexibility index (Phi) is 4.25. The first-order valence-electron chi connectivity index (χ1n) is 5.99. The Morgan fingerprint density at radius 1 is 1.22 bits per heavy atom. The van der Waals surface area contributed by atoms with E-state index in [1.54, 1.807) is 4.68 Å². The number of aromatic nitrogens is 1. The van der Waals surface area contributed by atoms with Gasteiger partial charge in [-0.15, -0.1) is 0 Å². The van der Waals surface area contributed by atoms with Crippen molar-refractivity contribution in [2.75, 3.05) is 18.6 Å². The van der Waals surface area contributed by atoms with Crippen molar-refractivity contribution in [1.29, 1.82) is 0 Å². The van der Waals surface area contributed by atoms with Gasteiger partial charge in [-0.2, -0.15) is 0 Å². The quantitative estimate of drug-likeness (QED) is 0.816. The van der Waals surface area contributed by atoms with Crippen LogP contribution in [-0.4, -0.2) is 29.0 Å². The molecule has 0 spiro atoms. The third-order valence-corrected chi connectivity index (χ3v) is 2.64. The number of hydrogen-bond acceptors (Lipinski definition) is 3. The monoisotopic (exact) mass is 246 g/mol. The first-order valence-corrected chi connectivity index (χ1v) is 5.99. The van der Waals surface area contributed by atoms with Gasteiger partial charge in [-0.05, 0) is 30.7 Å². The Hall–Kier alpha value is -1.94. The molecule has 0 saturated heterocycles. The predicted molar refractivity (Wildman–Crippen MR) is 71.3 cm³/mol. The Morgan fingerprint density at radius 2 is 1.94 bits per heavy atom. The van der Waals surface area contributed by atoms with Crippen LogP contribution < -0.4 is 10.2 Å². The van der Waals surface area contributed by atoms with Crippen LogP contribution in [0.4, 0.5) is 0 Å². The van der Waals surface area contributed by atoms with E-state index in [1.807, 2.05) is 55.7 Å². The number of aryl methyl sites for hydroxylation is 1. The molecule has 0 bridgehead atoms. The minimum absolute atomic E-state index is 0.277. The number of para-hydroxylation sites is 1. The highest BCUT2D eigenvalue weighted by atomic mass is 16.5. The normalized spacial score (nSPS) is 12.1. The summed E-state index contributed by atoms with van der Waals surface area (Å²) in [6.45, 7) is 2.71. The molecule has 4 heteroatoms. The molecule has 0 aliphatic heterocycles. The molecule has 0 radical (unpaired) electrons. The van der Waals surface area contributed by atoms with Crippen molar-refractivity contribution in [3.63, 3.8) is 0 Å². The molecular formula is C14H18N2O2. The van der Waals surface area contributed by atoms with Crippen LogP contribution in [0.1, 0.15) is 5.56 Å². The summed E-state index contributed by atoms with van der Waals surface area (Å²) in [5.41, 5.74) is 4.13. The van der Waals surface area contributed by atoms with Gasteiger partial charge in [0.1, 0.15) is 18.5 Å². The van der Waals surface area contributed by atoms with Gasteiger partial charge >= 0.3 is 0 Å². The minimum Gasteiger partial charge on any atom is -0.491 e. The maximum atomic E-state index is 9.80. The van der Waals surface area contributed by atoms with E-state index in [4.69, 9.17) is 4.74 Å². The second kappa shape index (κ2) is 6.12. The SMILES string of the molecule is Cc1ccccc1OCC(O)CNn1cccc1. The zero-order valence-corrected chi connectivity index (χ0v) is 10.4. The number of hydrogen-bond donors (Lipinski definition) is 2. The molecule has 1 atom stereocenters. The van der Waals surface area contributed by atoms with Crippen molar-refractivity contribution in [2.24, 2.45) is 0 Å². The molecule has 18 heavy (non-hydrogen) atoms. The number of aliphatic hydroxyl groups excluding tert-OH is 1. The van der Waals surface area contributed by atoms with Gasteiger partial charge in [0.05, 0.1) is 6.54 Å². The summed E-state index contributed by atoms with van der Waals surface area (Å²) in [5, 5.41) is 9.80. The number of benzene rings is 1. The molecule has 1 aromatic carbocycles. The van der Waals surface area contributed by atoms with Crippen molar-refractivity contribution >= 4 is 0 Å². The lowest BCUT2D eigenvalue weighted by Gasteiger charge is -2.15. The molecule has 0 aliphatic carbocycles. The lowest BCUT2D eigenvalue weighted by Crippen LogP contribution is -2.30. The molecule has 2 rings (SSSR count). The molecule has 1 unspecified atom stereocenters. The van der Waals surface area contributed by atoms with Crippen LogP contribution in [-0.2, 0) is 0 Å². The second-order valence-corrected chi connectivity index (χ2v) is 4.18. The van der Waals surface area contributed by atoms with Gasteiger partial charge in [-0.25, -0.2) is 0 Å². The molecule has 4 nitrogen and oxygen atoms in total. The van der Waals surface area contributed by atoms with Gasteiger partial charge in [-0.1, -0.05) is 18.2 Å². The highest BCUT2D eigenvalue weighted by molar-refractivity contribution is 5.31.